The van der Waals surface area contributed by atoms with Gasteiger partial charge in [-0.1, -0.05) is 30.2 Å². The van der Waals surface area contributed by atoms with Crippen molar-refractivity contribution < 1.29 is 8.42 Å². The molecule has 0 aliphatic heterocycles. The fourth-order valence-corrected chi connectivity index (χ4v) is 4.48. The molecule has 0 spiro atoms. The first kappa shape index (κ1) is 15.7. The molecule has 0 saturated heterocycles. The summed E-state index contributed by atoms with van der Waals surface area (Å²) in [6.07, 6.45) is 0.916. The summed E-state index contributed by atoms with van der Waals surface area (Å²) in [5.41, 5.74) is 1.70. The summed E-state index contributed by atoms with van der Waals surface area (Å²) in [6, 6.07) is 7.43. The standard InChI is InChI=1S/C16H17NO2S2/c1-12(2)8-4-5-9-13(3)21(18,19)16-17-14-10-6-7-11-15(14)20-16/h6-7,10-11,13H,1,8-9H2,2-3H3. The van der Waals surface area contributed by atoms with Crippen LogP contribution in [0.1, 0.15) is 26.7 Å². The Kier molecular flexibility index (Phi) is 4.81. The summed E-state index contributed by atoms with van der Waals surface area (Å²) in [5, 5.41) is -0.560. The number of hydrogen-bond donors (Lipinski definition) is 0. The average Bonchev–Trinajstić information content (AvgIpc) is 2.87. The highest BCUT2D eigenvalue weighted by Crippen LogP contribution is 2.28. The maximum absolute atomic E-state index is 12.5. The van der Waals surface area contributed by atoms with Crippen molar-refractivity contribution in [3.8, 4) is 11.8 Å². The van der Waals surface area contributed by atoms with Crippen LogP contribution in [-0.2, 0) is 9.84 Å². The van der Waals surface area contributed by atoms with Gasteiger partial charge in [-0.2, -0.15) is 0 Å². The van der Waals surface area contributed by atoms with Crippen LogP contribution < -0.4 is 0 Å². The first-order valence-electron chi connectivity index (χ1n) is 6.61. The van der Waals surface area contributed by atoms with Crippen molar-refractivity contribution in [3.05, 3.63) is 36.4 Å². The van der Waals surface area contributed by atoms with Crippen LogP contribution in [-0.4, -0.2) is 18.7 Å². The maximum Gasteiger partial charge on any atom is 0.210 e. The molecule has 0 fully saturated rings. The Morgan fingerprint density at radius 2 is 2.10 bits per heavy atom. The molecular weight excluding hydrogens is 302 g/mol. The first-order chi connectivity index (χ1) is 9.91. The van der Waals surface area contributed by atoms with Gasteiger partial charge < -0.3 is 0 Å². The maximum atomic E-state index is 12.5. The van der Waals surface area contributed by atoms with Crippen molar-refractivity contribution in [2.24, 2.45) is 0 Å². The molecule has 1 aromatic heterocycles. The predicted molar refractivity (Wildman–Crippen MR) is 88.1 cm³/mol. The third-order valence-corrected chi connectivity index (χ3v) is 6.53. The molecule has 1 heterocycles. The van der Waals surface area contributed by atoms with Gasteiger partial charge in [-0.05, 0) is 26.0 Å². The lowest BCUT2D eigenvalue weighted by atomic mass is 10.2. The van der Waals surface area contributed by atoms with Crippen molar-refractivity contribution >= 4 is 31.4 Å². The van der Waals surface area contributed by atoms with Gasteiger partial charge in [0, 0.05) is 12.8 Å². The summed E-state index contributed by atoms with van der Waals surface area (Å²) in [6.45, 7) is 7.34. The van der Waals surface area contributed by atoms with Crippen molar-refractivity contribution in [1.29, 1.82) is 0 Å². The number of sulfone groups is 1. The SMILES string of the molecule is C=C(C)CC#CCC(C)S(=O)(=O)c1nc2ccccc2s1. The van der Waals surface area contributed by atoms with E-state index in [2.05, 4.69) is 23.4 Å². The number of allylic oxidation sites excluding steroid dienone is 1. The second-order valence-electron chi connectivity index (χ2n) is 4.99. The van der Waals surface area contributed by atoms with Crippen LogP contribution in [0, 0.1) is 11.8 Å². The highest BCUT2D eigenvalue weighted by Gasteiger charge is 2.26. The number of aromatic nitrogens is 1. The fourth-order valence-electron chi connectivity index (χ4n) is 1.68. The summed E-state index contributed by atoms with van der Waals surface area (Å²) in [5.74, 6) is 5.85. The van der Waals surface area contributed by atoms with Crippen LogP contribution in [0.5, 0.6) is 0 Å². The molecule has 1 aromatic carbocycles. The van der Waals surface area contributed by atoms with Crippen molar-refractivity contribution in [2.75, 3.05) is 0 Å². The Bertz CT molecular complexity index is 790. The van der Waals surface area contributed by atoms with E-state index in [1.165, 1.54) is 11.3 Å². The molecule has 0 saturated carbocycles. The normalized spacial score (nSPS) is 12.7. The summed E-state index contributed by atoms with van der Waals surface area (Å²) in [4.78, 5) is 4.23. The number of fused-ring (bicyclic) bond motifs is 1. The molecule has 3 nitrogen and oxygen atoms in total. The number of rotatable bonds is 4. The summed E-state index contributed by atoms with van der Waals surface area (Å²) >= 11 is 1.22. The van der Waals surface area contributed by atoms with Gasteiger partial charge in [-0.25, -0.2) is 13.4 Å². The lowest BCUT2D eigenvalue weighted by Crippen LogP contribution is -2.17. The molecule has 5 heteroatoms. The second kappa shape index (κ2) is 6.42. The zero-order chi connectivity index (χ0) is 15.5. The summed E-state index contributed by atoms with van der Waals surface area (Å²) in [7, 11) is -3.42. The monoisotopic (exact) mass is 319 g/mol. The molecule has 0 amide bonds. The first-order valence-corrected chi connectivity index (χ1v) is 8.97. The smallest absolute Gasteiger partial charge is 0.210 e. The van der Waals surface area contributed by atoms with Gasteiger partial charge in [0.25, 0.3) is 0 Å². The van der Waals surface area contributed by atoms with E-state index in [-0.39, 0.29) is 4.34 Å². The van der Waals surface area contributed by atoms with Gasteiger partial charge in [0.15, 0.2) is 0 Å². The number of benzene rings is 1. The molecular formula is C16H17NO2S2. The molecule has 2 aromatic rings. The Morgan fingerprint density at radius 3 is 2.76 bits per heavy atom. The minimum atomic E-state index is -3.42. The Labute approximate surface area is 129 Å². The number of hydrogen-bond acceptors (Lipinski definition) is 4. The summed E-state index contributed by atoms with van der Waals surface area (Å²) < 4.78 is 26.0. The van der Waals surface area contributed by atoms with Crippen LogP contribution in [0.4, 0.5) is 0 Å². The highest BCUT2D eigenvalue weighted by molar-refractivity contribution is 7.94. The molecule has 0 bridgehead atoms. The Morgan fingerprint density at radius 1 is 1.38 bits per heavy atom. The van der Waals surface area contributed by atoms with Crippen LogP contribution in [0.15, 0.2) is 40.8 Å². The highest BCUT2D eigenvalue weighted by atomic mass is 32.2. The van der Waals surface area contributed by atoms with E-state index in [4.69, 9.17) is 0 Å². The lowest BCUT2D eigenvalue weighted by molar-refractivity contribution is 0.584. The van der Waals surface area contributed by atoms with E-state index < -0.39 is 15.1 Å². The number of nitrogens with zero attached hydrogens (tertiary/aromatic N) is 1. The van der Waals surface area contributed by atoms with Crippen LogP contribution in [0.2, 0.25) is 0 Å². The molecule has 2 rings (SSSR count). The molecule has 0 N–H and O–H groups in total. The minimum absolute atomic E-state index is 0.179. The van der Waals surface area contributed by atoms with Crippen LogP contribution >= 0.6 is 11.3 Å². The van der Waals surface area contributed by atoms with Crippen LogP contribution in [0.25, 0.3) is 10.2 Å². The lowest BCUT2D eigenvalue weighted by Gasteiger charge is -2.06. The fraction of sp³-hybridized carbons (Fsp3) is 0.312. The van der Waals surface area contributed by atoms with E-state index in [0.717, 1.165) is 15.8 Å². The molecule has 110 valence electrons. The van der Waals surface area contributed by atoms with Gasteiger partial charge in [0.2, 0.25) is 14.2 Å². The topological polar surface area (TPSA) is 47.0 Å². The molecule has 21 heavy (non-hydrogen) atoms. The largest absolute Gasteiger partial charge is 0.225 e. The molecule has 0 radical (unpaired) electrons. The number of thiazole rings is 1. The molecule has 0 aliphatic rings. The average molecular weight is 319 g/mol. The second-order valence-corrected chi connectivity index (χ2v) is 8.57. The third-order valence-electron chi connectivity index (χ3n) is 2.95. The molecule has 1 atom stereocenters. The Balaban J connectivity index is 2.20. The van der Waals surface area contributed by atoms with Gasteiger partial charge in [-0.3, -0.25) is 0 Å². The van der Waals surface area contributed by atoms with E-state index in [9.17, 15) is 8.42 Å². The predicted octanol–water partition coefficient (Wildman–Crippen LogP) is 3.82. The van der Waals surface area contributed by atoms with Crippen molar-refractivity contribution in [3.63, 3.8) is 0 Å². The number of para-hydroxylation sites is 1. The van der Waals surface area contributed by atoms with Crippen molar-refractivity contribution in [2.45, 2.75) is 36.3 Å². The molecule has 0 aliphatic carbocycles. The van der Waals surface area contributed by atoms with Gasteiger partial charge in [-0.15, -0.1) is 17.3 Å². The van der Waals surface area contributed by atoms with Gasteiger partial charge in [0.05, 0.1) is 15.5 Å². The Hall–Kier alpha value is -1.64. The van der Waals surface area contributed by atoms with Gasteiger partial charge >= 0.3 is 0 Å². The van der Waals surface area contributed by atoms with E-state index >= 15 is 0 Å². The minimum Gasteiger partial charge on any atom is -0.225 e. The quantitative estimate of drug-likeness (QED) is 0.636. The van der Waals surface area contributed by atoms with Crippen molar-refractivity contribution in [1.82, 2.24) is 4.98 Å². The third kappa shape index (κ3) is 3.72. The van der Waals surface area contributed by atoms with E-state index in [0.29, 0.717) is 12.8 Å². The van der Waals surface area contributed by atoms with E-state index in [1.807, 2.05) is 31.2 Å². The van der Waals surface area contributed by atoms with Crippen LogP contribution in [0.3, 0.4) is 0 Å². The zero-order valence-corrected chi connectivity index (χ0v) is 13.7. The van der Waals surface area contributed by atoms with Gasteiger partial charge in [0.1, 0.15) is 0 Å². The van der Waals surface area contributed by atoms with E-state index in [1.54, 1.807) is 6.92 Å². The molecule has 1 unspecified atom stereocenters. The zero-order valence-electron chi connectivity index (χ0n) is 12.1.